The van der Waals surface area contributed by atoms with Gasteiger partial charge in [-0.15, -0.1) is 0 Å². The Morgan fingerprint density at radius 2 is 2.28 bits per heavy atom. The fourth-order valence-corrected chi connectivity index (χ4v) is 1.83. The summed E-state index contributed by atoms with van der Waals surface area (Å²) in [6, 6.07) is -0.0898. The van der Waals surface area contributed by atoms with Crippen LogP contribution >= 0.6 is 11.6 Å². The molecule has 1 fully saturated rings. The van der Waals surface area contributed by atoms with Gasteiger partial charge in [-0.3, -0.25) is 4.79 Å². The SMILES string of the molecule is COc1nc(Cl)nc(NC(CC(=O)O)C2CC2)n1. The molecule has 1 aliphatic rings. The summed E-state index contributed by atoms with van der Waals surface area (Å²) < 4.78 is 4.87. The molecule has 2 rings (SSSR count). The molecule has 0 radical (unpaired) electrons. The molecule has 0 bridgehead atoms. The number of rotatable bonds is 6. The average molecular weight is 273 g/mol. The highest BCUT2D eigenvalue weighted by Crippen LogP contribution is 2.35. The van der Waals surface area contributed by atoms with Gasteiger partial charge in [0.2, 0.25) is 11.2 Å². The Morgan fingerprint density at radius 3 is 2.83 bits per heavy atom. The van der Waals surface area contributed by atoms with Gasteiger partial charge in [0.1, 0.15) is 0 Å². The molecule has 1 aliphatic carbocycles. The number of hydrogen-bond acceptors (Lipinski definition) is 6. The van der Waals surface area contributed by atoms with Gasteiger partial charge >= 0.3 is 12.0 Å². The molecule has 0 saturated heterocycles. The number of carboxylic acid groups (broad SMARTS) is 1. The van der Waals surface area contributed by atoms with Crippen LogP contribution in [0.15, 0.2) is 0 Å². The van der Waals surface area contributed by atoms with Crippen molar-refractivity contribution in [2.45, 2.75) is 25.3 Å². The summed E-state index contributed by atoms with van der Waals surface area (Å²) in [4.78, 5) is 22.4. The summed E-state index contributed by atoms with van der Waals surface area (Å²) in [5, 5.41) is 11.8. The van der Waals surface area contributed by atoms with Crippen LogP contribution in [0.5, 0.6) is 6.01 Å². The maximum Gasteiger partial charge on any atom is 0.322 e. The van der Waals surface area contributed by atoms with Gasteiger partial charge in [-0.1, -0.05) is 0 Å². The molecule has 0 spiro atoms. The molecule has 1 unspecified atom stereocenters. The van der Waals surface area contributed by atoms with E-state index in [1.165, 1.54) is 7.11 Å². The van der Waals surface area contributed by atoms with Crippen molar-refractivity contribution in [3.8, 4) is 6.01 Å². The Hall–Kier alpha value is -1.63. The maximum absolute atomic E-state index is 10.8. The van der Waals surface area contributed by atoms with Gasteiger partial charge in [-0.25, -0.2) is 0 Å². The van der Waals surface area contributed by atoms with Gasteiger partial charge in [-0.2, -0.15) is 15.0 Å². The van der Waals surface area contributed by atoms with E-state index in [0.29, 0.717) is 5.92 Å². The highest BCUT2D eigenvalue weighted by atomic mass is 35.5. The number of carbonyl (C=O) groups is 1. The molecule has 7 nitrogen and oxygen atoms in total. The number of ether oxygens (including phenoxy) is 1. The van der Waals surface area contributed by atoms with Crippen LogP contribution in [0.2, 0.25) is 5.28 Å². The van der Waals surface area contributed by atoms with Gasteiger partial charge in [0.05, 0.1) is 13.5 Å². The Labute approximate surface area is 109 Å². The topological polar surface area (TPSA) is 97.2 Å². The van der Waals surface area contributed by atoms with Crippen LogP contribution in [0.4, 0.5) is 5.95 Å². The zero-order valence-electron chi connectivity index (χ0n) is 9.76. The quantitative estimate of drug-likeness (QED) is 0.803. The summed E-state index contributed by atoms with van der Waals surface area (Å²) in [6.45, 7) is 0. The number of carboxylic acids is 1. The van der Waals surface area contributed by atoms with Crippen molar-refractivity contribution in [2.75, 3.05) is 12.4 Å². The van der Waals surface area contributed by atoms with E-state index in [-0.39, 0.29) is 29.7 Å². The van der Waals surface area contributed by atoms with Crippen LogP contribution < -0.4 is 10.1 Å². The molecule has 1 atom stereocenters. The summed E-state index contributed by atoms with van der Waals surface area (Å²) in [5.41, 5.74) is 0. The van der Waals surface area contributed by atoms with Crippen LogP contribution in [-0.2, 0) is 4.79 Å². The Bertz CT molecular complexity index is 453. The number of nitrogens with one attached hydrogen (secondary N) is 1. The number of methoxy groups -OCH3 is 1. The van der Waals surface area contributed by atoms with E-state index >= 15 is 0 Å². The number of hydrogen-bond donors (Lipinski definition) is 2. The van der Waals surface area contributed by atoms with E-state index in [4.69, 9.17) is 21.4 Å². The fourth-order valence-electron chi connectivity index (χ4n) is 1.68. The highest BCUT2D eigenvalue weighted by Gasteiger charge is 2.33. The van der Waals surface area contributed by atoms with Gasteiger partial charge in [0, 0.05) is 6.04 Å². The molecule has 2 N–H and O–H groups in total. The van der Waals surface area contributed by atoms with Crippen LogP contribution in [-0.4, -0.2) is 39.2 Å². The third-order valence-electron chi connectivity index (χ3n) is 2.67. The zero-order chi connectivity index (χ0) is 13.1. The monoisotopic (exact) mass is 272 g/mol. The standard InChI is InChI=1S/C10H13ClN4O3/c1-18-10-14-8(11)13-9(15-10)12-6(4-7(16)17)5-2-3-5/h5-6H,2-4H2,1H3,(H,16,17)(H,12,13,14,15). The first-order valence-corrected chi connectivity index (χ1v) is 5.90. The first-order valence-electron chi connectivity index (χ1n) is 5.52. The predicted molar refractivity (Wildman–Crippen MR) is 63.8 cm³/mol. The lowest BCUT2D eigenvalue weighted by Gasteiger charge is -2.16. The lowest BCUT2D eigenvalue weighted by atomic mass is 10.1. The lowest BCUT2D eigenvalue weighted by molar-refractivity contribution is -0.137. The second-order valence-electron chi connectivity index (χ2n) is 4.10. The normalized spacial score (nSPS) is 16.1. The van der Waals surface area contributed by atoms with Crippen molar-refractivity contribution in [2.24, 2.45) is 5.92 Å². The van der Waals surface area contributed by atoms with Crippen molar-refractivity contribution in [1.82, 2.24) is 15.0 Å². The Morgan fingerprint density at radius 1 is 1.56 bits per heavy atom. The lowest BCUT2D eigenvalue weighted by Crippen LogP contribution is -2.26. The molecule has 8 heteroatoms. The van der Waals surface area contributed by atoms with E-state index in [1.54, 1.807) is 0 Å². The minimum absolute atomic E-state index is 0.00854. The second-order valence-corrected chi connectivity index (χ2v) is 4.44. The molecule has 1 heterocycles. The largest absolute Gasteiger partial charge is 0.481 e. The van der Waals surface area contributed by atoms with Gasteiger partial charge in [0.25, 0.3) is 0 Å². The first kappa shape index (κ1) is 12.8. The van der Waals surface area contributed by atoms with Crippen LogP contribution in [0.1, 0.15) is 19.3 Å². The third-order valence-corrected chi connectivity index (χ3v) is 2.84. The third kappa shape index (κ3) is 3.43. The molecule has 1 aromatic rings. The van der Waals surface area contributed by atoms with Crippen molar-refractivity contribution in [1.29, 1.82) is 0 Å². The van der Waals surface area contributed by atoms with E-state index in [2.05, 4.69) is 20.3 Å². The van der Waals surface area contributed by atoms with E-state index in [0.717, 1.165) is 12.8 Å². The highest BCUT2D eigenvalue weighted by molar-refractivity contribution is 6.28. The van der Waals surface area contributed by atoms with Crippen LogP contribution in [0, 0.1) is 5.92 Å². The fraction of sp³-hybridized carbons (Fsp3) is 0.600. The predicted octanol–water partition coefficient (Wildman–Crippen LogP) is 1.20. The van der Waals surface area contributed by atoms with Crippen molar-refractivity contribution < 1.29 is 14.6 Å². The number of anilines is 1. The van der Waals surface area contributed by atoms with E-state index in [9.17, 15) is 4.79 Å². The molecule has 18 heavy (non-hydrogen) atoms. The number of aromatic nitrogens is 3. The first-order chi connectivity index (χ1) is 8.58. The molecular formula is C10H13ClN4O3. The maximum atomic E-state index is 10.8. The van der Waals surface area contributed by atoms with Gasteiger partial charge in [-0.05, 0) is 30.4 Å². The number of nitrogens with zero attached hydrogens (tertiary/aromatic N) is 3. The molecule has 98 valence electrons. The summed E-state index contributed by atoms with van der Waals surface area (Å²) in [6.07, 6.45) is 2.05. The zero-order valence-corrected chi connectivity index (χ0v) is 10.5. The van der Waals surface area contributed by atoms with Crippen LogP contribution in [0.3, 0.4) is 0 Å². The van der Waals surface area contributed by atoms with Crippen molar-refractivity contribution >= 4 is 23.5 Å². The average Bonchev–Trinajstić information content (AvgIpc) is 3.10. The van der Waals surface area contributed by atoms with Crippen LogP contribution in [0.25, 0.3) is 0 Å². The van der Waals surface area contributed by atoms with Crippen molar-refractivity contribution in [3.63, 3.8) is 0 Å². The van der Waals surface area contributed by atoms with E-state index < -0.39 is 5.97 Å². The molecule has 1 saturated carbocycles. The summed E-state index contributed by atoms with van der Waals surface area (Å²) in [7, 11) is 1.42. The van der Waals surface area contributed by atoms with Crippen molar-refractivity contribution in [3.05, 3.63) is 5.28 Å². The number of halogens is 1. The summed E-state index contributed by atoms with van der Waals surface area (Å²) >= 11 is 5.71. The summed E-state index contributed by atoms with van der Waals surface area (Å²) in [5.74, 6) is -0.265. The van der Waals surface area contributed by atoms with Gasteiger partial charge in [0.15, 0.2) is 0 Å². The molecule has 0 amide bonds. The number of aliphatic carboxylic acids is 1. The Balaban J connectivity index is 2.10. The molecule has 0 aromatic carbocycles. The minimum atomic E-state index is -0.855. The second kappa shape index (κ2) is 5.34. The Kier molecular flexibility index (Phi) is 3.81. The smallest absolute Gasteiger partial charge is 0.322 e. The van der Waals surface area contributed by atoms with E-state index in [1.807, 2.05) is 0 Å². The van der Waals surface area contributed by atoms with Gasteiger partial charge < -0.3 is 15.2 Å². The molecular weight excluding hydrogens is 260 g/mol. The molecule has 0 aliphatic heterocycles. The minimum Gasteiger partial charge on any atom is -0.481 e. The molecule has 1 aromatic heterocycles.